The minimum Gasteiger partial charge on any atom is -0.491 e. The van der Waals surface area contributed by atoms with Crippen LogP contribution < -0.4 is 15.6 Å². The molecule has 1 saturated carbocycles. The average molecular weight is 384 g/mol. The Labute approximate surface area is 164 Å². The van der Waals surface area contributed by atoms with Crippen LogP contribution in [0.15, 0.2) is 29.1 Å². The molecule has 7 nitrogen and oxygen atoms in total. The van der Waals surface area contributed by atoms with Gasteiger partial charge < -0.3 is 15.0 Å². The third-order valence-electron chi connectivity index (χ3n) is 5.09. The van der Waals surface area contributed by atoms with E-state index in [2.05, 4.69) is 27.4 Å². The lowest BCUT2D eigenvalue weighted by atomic mass is 10.2. The van der Waals surface area contributed by atoms with Crippen molar-refractivity contribution in [2.45, 2.75) is 70.9 Å². The van der Waals surface area contributed by atoms with Crippen LogP contribution in [0.3, 0.4) is 0 Å². The van der Waals surface area contributed by atoms with Crippen LogP contribution in [0.4, 0.5) is 0 Å². The molecule has 0 unspecified atom stereocenters. The van der Waals surface area contributed by atoms with Crippen molar-refractivity contribution >= 4 is 5.91 Å². The monoisotopic (exact) mass is 384 g/mol. The number of nitrogens with one attached hydrogen (secondary N) is 2. The molecule has 3 rings (SSSR count). The fourth-order valence-corrected chi connectivity index (χ4v) is 3.29. The Morgan fingerprint density at radius 1 is 1.32 bits per heavy atom. The summed E-state index contributed by atoms with van der Waals surface area (Å²) in [6.07, 6.45) is 5.95. The van der Waals surface area contributed by atoms with Gasteiger partial charge in [0.1, 0.15) is 11.4 Å². The van der Waals surface area contributed by atoms with E-state index in [1.54, 1.807) is 0 Å². The number of hydrogen-bond acceptors (Lipinski definition) is 5. The summed E-state index contributed by atoms with van der Waals surface area (Å²) in [6.45, 7) is 4.07. The number of aromatic nitrogens is 3. The molecule has 1 heterocycles. The first kappa shape index (κ1) is 20.0. The lowest BCUT2D eigenvalue weighted by Gasteiger charge is -2.13. The highest BCUT2D eigenvalue weighted by atomic mass is 16.5. The van der Waals surface area contributed by atoms with Gasteiger partial charge in [0.25, 0.3) is 5.56 Å². The molecule has 2 aromatic rings. The number of carbonyl (C=O) groups excluding carboxylic acids is 1. The van der Waals surface area contributed by atoms with Crippen LogP contribution in [0.25, 0.3) is 11.4 Å². The van der Waals surface area contributed by atoms with Crippen LogP contribution in [0.1, 0.15) is 58.1 Å². The highest BCUT2D eigenvalue weighted by Crippen LogP contribution is 2.21. The third-order valence-corrected chi connectivity index (χ3v) is 5.09. The van der Waals surface area contributed by atoms with E-state index in [1.807, 2.05) is 31.2 Å². The summed E-state index contributed by atoms with van der Waals surface area (Å²) in [7, 11) is 0. The van der Waals surface area contributed by atoms with Crippen molar-refractivity contribution in [2.24, 2.45) is 0 Å². The summed E-state index contributed by atoms with van der Waals surface area (Å²) < 4.78 is 5.81. The van der Waals surface area contributed by atoms with Crippen molar-refractivity contribution in [1.29, 1.82) is 0 Å². The van der Waals surface area contributed by atoms with Gasteiger partial charge >= 0.3 is 0 Å². The molecule has 1 aliphatic carbocycles. The fourth-order valence-electron chi connectivity index (χ4n) is 3.29. The van der Waals surface area contributed by atoms with Gasteiger partial charge in [0, 0.05) is 24.4 Å². The molecule has 0 saturated heterocycles. The van der Waals surface area contributed by atoms with Gasteiger partial charge in [0.05, 0.1) is 6.10 Å². The van der Waals surface area contributed by atoms with E-state index < -0.39 is 0 Å². The number of carbonyl (C=O) groups is 1. The van der Waals surface area contributed by atoms with Crippen molar-refractivity contribution in [1.82, 2.24) is 20.5 Å². The zero-order valence-electron chi connectivity index (χ0n) is 16.5. The predicted molar refractivity (Wildman–Crippen MR) is 107 cm³/mol. The van der Waals surface area contributed by atoms with Gasteiger partial charge in [-0.15, -0.1) is 10.2 Å². The van der Waals surface area contributed by atoms with Crippen LogP contribution in [0, 0.1) is 0 Å². The average Bonchev–Trinajstić information content (AvgIpc) is 3.20. The van der Waals surface area contributed by atoms with Gasteiger partial charge in [-0.05, 0) is 38.3 Å². The van der Waals surface area contributed by atoms with Crippen LogP contribution in [0.5, 0.6) is 5.75 Å². The first-order valence-corrected chi connectivity index (χ1v) is 10.1. The van der Waals surface area contributed by atoms with E-state index in [0.29, 0.717) is 5.82 Å². The van der Waals surface area contributed by atoms with E-state index in [4.69, 9.17) is 4.74 Å². The molecule has 1 atom stereocenters. The standard InChI is InChI=1S/C21H28N4O3/c1-3-14(2)28-17-10-6-7-15(13-17)20-23-21(27)18(24-25-20)11-12-19(26)22-16-8-4-5-9-16/h6-7,10,13-14,16H,3-5,8-9,11-12H2,1-2H3,(H,22,26)(H,23,25,27)/t14-/m0/s1. The third kappa shape index (κ3) is 5.41. The number of amides is 1. The first-order chi connectivity index (χ1) is 13.5. The van der Waals surface area contributed by atoms with Gasteiger partial charge in [0.15, 0.2) is 5.82 Å². The van der Waals surface area contributed by atoms with Crippen LogP contribution in [-0.2, 0) is 11.2 Å². The van der Waals surface area contributed by atoms with Crippen molar-refractivity contribution in [3.8, 4) is 17.1 Å². The molecule has 1 aliphatic rings. The van der Waals surface area contributed by atoms with Crippen LogP contribution in [0.2, 0.25) is 0 Å². The summed E-state index contributed by atoms with van der Waals surface area (Å²) in [5.74, 6) is 1.08. The normalized spacial score (nSPS) is 15.4. The molecular formula is C21H28N4O3. The highest BCUT2D eigenvalue weighted by molar-refractivity contribution is 5.76. The lowest BCUT2D eigenvalue weighted by Crippen LogP contribution is -2.33. The molecule has 0 aliphatic heterocycles. The Bertz CT molecular complexity index is 859. The first-order valence-electron chi connectivity index (χ1n) is 10.1. The maximum absolute atomic E-state index is 12.4. The van der Waals surface area contributed by atoms with E-state index >= 15 is 0 Å². The van der Waals surface area contributed by atoms with E-state index in [0.717, 1.165) is 30.6 Å². The second-order valence-electron chi connectivity index (χ2n) is 7.36. The maximum atomic E-state index is 12.4. The summed E-state index contributed by atoms with van der Waals surface area (Å²) in [5.41, 5.74) is 0.695. The molecule has 7 heteroatoms. The van der Waals surface area contributed by atoms with Crippen molar-refractivity contribution in [3.05, 3.63) is 40.3 Å². The Morgan fingerprint density at radius 2 is 2.11 bits per heavy atom. The summed E-state index contributed by atoms with van der Waals surface area (Å²) >= 11 is 0. The quantitative estimate of drug-likeness (QED) is 0.729. The Balaban J connectivity index is 1.63. The minimum atomic E-state index is -0.313. The van der Waals surface area contributed by atoms with Crippen LogP contribution in [-0.4, -0.2) is 33.2 Å². The van der Waals surface area contributed by atoms with Gasteiger partial charge in [-0.25, -0.2) is 0 Å². The van der Waals surface area contributed by atoms with Crippen LogP contribution >= 0.6 is 0 Å². The number of aromatic amines is 1. The van der Waals surface area contributed by atoms with Gasteiger partial charge in [-0.3, -0.25) is 9.59 Å². The van der Waals surface area contributed by atoms with Gasteiger partial charge in [0.2, 0.25) is 5.91 Å². The van der Waals surface area contributed by atoms with Crippen molar-refractivity contribution in [2.75, 3.05) is 0 Å². The maximum Gasteiger partial charge on any atom is 0.273 e. The van der Waals surface area contributed by atoms with Crippen molar-refractivity contribution < 1.29 is 9.53 Å². The summed E-state index contributed by atoms with van der Waals surface area (Å²) in [4.78, 5) is 27.2. The number of nitrogens with zero attached hydrogens (tertiary/aromatic N) is 2. The molecule has 0 spiro atoms. The largest absolute Gasteiger partial charge is 0.491 e. The zero-order valence-corrected chi connectivity index (χ0v) is 16.5. The molecule has 2 N–H and O–H groups in total. The van der Waals surface area contributed by atoms with E-state index in [1.165, 1.54) is 12.8 Å². The number of H-pyrrole nitrogens is 1. The molecule has 1 aromatic carbocycles. The van der Waals surface area contributed by atoms with Gasteiger partial charge in [-0.1, -0.05) is 31.9 Å². The molecule has 28 heavy (non-hydrogen) atoms. The molecule has 150 valence electrons. The topological polar surface area (TPSA) is 97.0 Å². The number of benzene rings is 1. The molecule has 1 amide bonds. The molecule has 0 radical (unpaired) electrons. The summed E-state index contributed by atoms with van der Waals surface area (Å²) in [6, 6.07) is 7.69. The fraction of sp³-hybridized carbons (Fsp3) is 0.524. The Kier molecular flexibility index (Phi) is 6.79. The number of ether oxygens (including phenoxy) is 1. The molecule has 1 fully saturated rings. The highest BCUT2D eigenvalue weighted by Gasteiger charge is 2.17. The SMILES string of the molecule is CC[C@H](C)Oc1cccc(-c2nnc(CCC(=O)NC3CCCC3)c(=O)[nH]2)c1. The number of aryl methyl sites for hydroxylation is 1. The molecule has 0 bridgehead atoms. The molecular weight excluding hydrogens is 356 g/mol. The summed E-state index contributed by atoms with van der Waals surface area (Å²) in [5, 5.41) is 11.2. The van der Waals surface area contributed by atoms with Crippen molar-refractivity contribution in [3.63, 3.8) is 0 Å². The van der Waals surface area contributed by atoms with E-state index in [9.17, 15) is 9.59 Å². The Hall–Kier alpha value is -2.70. The second kappa shape index (κ2) is 9.48. The predicted octanol–water partition coefficient (Wildman–Crippen LogP) is 3.00. The smallest absolute Gasteiger partial charge is 0.273 e. The molecule has 1 aromatic heterocycles. The van der Waals surface area contributed by atoms with Gasteiger partial charge in [-0.2, -0.15) is 0 Å². The second-order valence-corrected chi connectivity index (χ2v) is 7.36. The number of hydrogen-bond donors (Lipinski definition) is 2. The lowest BCUT2D eigenvalue weighted by molar-refractivity contribution is -0.121. The zero-order chi connectivity index (χ0) is 19.9. The van der Waals surface area contributed by atoms with E-state index in [-0.39, 0.29) is 42.1 Å². The minimum absolute atomic E-state index is 0.0351. The Morgan fingerprint density at radius 3 is 2.82 bits per heavy atom. The number of rotatable bonds is 8.